The molecule has 1 amide bonds. The fourth-order valence-corrected chi connectivity index (χ4v) is 2.74. The Morgan fingerprint density at radius 2 is 2.07 bits per heavy atom. The summed E-state index contributed by atoms with van der Waals surface area (Å²) in [6.07, 6.45) is 5.22. The topological polar surface area (TPSA) is 73.9 Å². The van der Waals surface area contributed by atoms with Crippen LogP contribution in [0.25, 0.3) is 6.08 Å². The smallest absolute Gasteiger partial charge is 0.262 e. The summed E-state index contributed by atoms with van der Waals surface area (Å²) < 4.78 is 16.4. The molecular formula is C22H23NO5. The van der Waals surface area contributed by atoms with Gasteiger partial charge in [-0.15, -0.1) is 0 Å². The molecule has 0 aromatic heterocycles. The molecule has 0 aliphatic carbocycles. The van der Waals surface area contributed by atoms with Gasteiger partial charge in [-0.1, -0.05) is 25.5 Å². The summed E-state index contributed by atoms with van der Waals surface area (Å²) in [6.45, 7) is 2.70. The molecule has 1 aliphatic rings. The van der Waals surface area contributed by atoms with Gasteiger partial charge in [0, 0.05) is 5.56 Å². The van der Waals surface area contributed by atoms with Crippen molar-refractivity contribution in [3.05, 3.63) is 53.6 Å². The van der Waals surface area contributed by atoms with Gasteiger partial charge in [0.15, 0.2) is 23.9 Å². The first-order valence-electron chi connectivity index (χ1n) is 9.20. The first kappa shape index (κ1) is 19.5. The number of carbonyl (C=O) groups excluding carboxylic acids is 2. The molecule has 0 fully saturated rings. The number of carbonyl (C=O) groups is 2. The standard InChI is InChI=1S/C22H23NO5/c1-3-4-11-27-21-12-15(6-9-20(21)26-2)5-8-18(24)16-7-10-19-17(13-16)23-22(25)14-28-19/h5-10,12-13H,3-4,11,14H2,1-2H3,(H,23,25). The summed E-state index contributed by atoms with van der Waals surface area (Å²) >= 11 is 0. The number of allylic oxidation sites excluding steroid dienone is 1. The fraction of sp³-hybridized carbons (Fsp3) is 0.273. The van der Waals surface area contributed by atoms with Crippen molar-refractivity contribution in [2.45, 2.75) is 19.8 Å². The monoisotopic (exact) mass is 381 g/mol. The average molecular weight is 381 g/mol. The van der Waals surface area contributed by atoms with Crippen LogP contribution in [0.4, 0.5) is 5.69 Å². The number of rotatable bonds is 8. The van der Waals surface area contributed by atoms with Crippen LogP contribution in [0.15, 0.2) is 42.5 Å². The van der Waals surface area contributed by atoms with Crippen LogP contribution < -0.4 is 19.5 Å². The zero-order valence-corrected chi connectivity index (χ0v) is 16.0. The summed E-state index contributed by atoms with van der Waals surface area (Å²) in [5.74, 6) is 1.46. The Hall–Kier alpha value is -3.28. The van der Waals surface area contributed by atoms with Gasteiger partial charge in [0.1, 0.15) is 5.75 Å². The normalized spacial score (nSPS) is 12.9. The minimum Gasteiger partial charge on any atom is -0.493 e. The quantitative estimate of drug-likeness (QED) is 0.423. The highest BCUT2D eigenvalue weighted by Crippen LogP contribution is 2.30. The largest absolute Gasteiger partial charge is 0.493 e. The lowest BCUT2D eigenvalue weighted by Gasteiger charge is -2.17. The van der Waals surface area contributed by atoms with Crippen molar-refractivity contribution in [3.8, 4) is 17.2 Å². The van der Waals surface area contributed by atoms with Gasteiger partial charge in [0.2, 0.25) is 0 Å². The molecule has 1 N–H and O–H groups in total. The number of amides is 1. The van der Waals surface area contributed by atoms with E-state index in [2.05, 4.69) is 12.2 Å². The molecule has 0 bridgehead atoms. The molecule has 28 heavy (non-hydrogen) atoms. The molecule has 2 aromatic carbocycles. The van der Waals surface area contributed by atoms with Crippen LogP contribution in [0.5, 0.6) is 17.2 Å². The summed E-state index contributed by atoms with van der Waals surface area (Å²) in [4.78, 5) is 23.9. The van der Waals surface area contributed by atoms with Crippen LogP contribution in [0.2, 0.25) is 0 Å². The van der Waals surface area contributed by atoms with Crippen molar-refractivity contribution in [1.29, 1.82) is 0 Å². The van der Waals surface area contributed by atoms with Gasteiger partial charge in [0.25, 0.3) is 5.91 Å². The molecule has 3 rings (SSSR count). The van der Waals surface area contributed by atoms with Gasteiger partial charge in [-0.3, -0.25) is 9.59 Å². The fourth-order valence-electron chi connectivity index (χ4n) is 2.74. The molecule has 2 aromatic rings. The van der Waals surface area contributed by atoms with Gasteiger partial charge >= 0.3 is 0 Å². The van der Waals surface area contributed by atoms with Crippen molar-refractivity contribution >= 4 is 23.5 Å². The molecule has 0 spiro atoms. The highest BCUT2D eigenvalue weighted by atomic mass is 16.5. The SMILES string of the molecule is CCCCOc1cc(C=CC(=O)c2ccc3c(c2)NC(=O)CO3)ccc1OC. The van der Waals surface area contributed by atoms with E-state index in [1.807, 2.05) is 18.2 Å². The van der Waals surface area contributed by atoms with Crippen LogP contribution in [0.1, 0.15) is 35.7 Å². The highest BCUT2D eigenvalue weighted by molar-refractivity contribution is 6.08. The third kappa shape index (κ3) is 4.71. The Labute approximate surface area is 164 Å². The van der Waals surface area contributed by atoms with Crippen LogP contribution in [0, 0.1) is 0 Å². The molecule has 6 heteroatoms. The summed E-state index contributed by atoms with van der Waals surface area (Å²) in [6, 6.07) is 10.5. The molecule has 1 aliphatic heterocycles. The third-order valence-electron chi connectivity index (χ3n) is 4.27. The zero-order chi connectivity index (χ0) is 19.9. The van der Waals surface area contributed by atoms with Crippen molar-refractivity contribution < 1.29 is 23.8 Å². The Balaban J connectivity index is 1.74. The van der Waals surface area contributed by atoms with Crippen LogP contribution >= 0.6 is 0 Å². The molecule has 0 saturated heterocycles. The number of nitrogens with one attached hydrogen (secondary N) is 1. The van der Waals surface area contributed by atoms with Crippen molar-refractivity contribution in [2.75, 3.05) is 25.6 Å². The molecule has 0 radical (unpaired) electrons. The summed E-state index contributed by atoms with van der Waals surface area (Å²) in [7, 11) is 1.60. The van der Waals surface area contributed by atoms with E-state index < -0.39 is 0 Å². The van der Waals surface area contributed by atoms with Gasteiger partial charge < -0.3 is 19.5 Å². The lowest BCUT2D eigenvalue weighted by atomic mass is 10.1. The maximum absolute atomic E-state index is 12.5. The predicted molar refractivity (Wildman–Crippen MR) is 107 cm³/mol. The number of methoxy groups -OCH3 is 1. The van der Waals surface area contributed by atoms with Crippen molar-refractivity contribution in [3.63, 3.8) is 0 Å². The minimum absolute atomic E-state index is 0.0136. The van der Waals surface area contributed by atoms with Gasteiger partial charge in [-0.05, 0) is 48.4 Å². The van der Waals surface area contributed by atoms with Crippen LogP contribution in [-0.4, -0.2) is 32.0 Å². The van der Waals surface area contributed by atoms with Crippen LogP contribution in [0.3, 0.4) is 0 Å². The van der Waals surface area contributed by atoms with Gasteiger partial charge in [-0.25, -0.2) is 0 Å². The average Bonchev–Trinajstić information content (AvgIpc) is 2.71. The van der Waals surface area contributed by atoms with E-state index in [4.69, 9.17) is 14.2 Å². The molecular weight excluding hydrogens is 358 g/mol. The molecule has 6 nitrogen and oxygen atoms in total. The van der Waals surface area contributed by atoms with Crippen LogP contribution in [-0.2, 0) is 4.79 Å². The van der Waals surface area contributed by atoms with Crippen molar-refractivity contribution in [1.82, 2.24) is 0 Å². The van der Waals surface area contributed by atoms with E-state index in [9.17, 15) is 9.59 Å². The van der Waals surface area contributed by atoms with E-state index in [-0.39, 0.29) is 18.3 Å². The zero-order valence-electron chi connectivity index (χ0n) is 16.0. The Bertz CT molecular complexity index is 904. The van der Waals surface area contributed by atoms with Gasteiger partial charge in [-0.2, -0.15) is 0 Å². The predicted octanol–water partition coefficient (Wildman–Crippen LogP) is 4.10. The molecule has 1 heterocycles. The second kappa shape index (κ2) is 9.08. The maximum atomic E-state index is 12.5. The lowest BCUT2D eigenvalue weighted by Crippen LogP contribution is -2.25. The Morgan fingerprint density at radius 1 is 1.21 bits per heavy atom. The van der Waals surface area contributed by atoms with E-state index in [0.717, 1.165) is 18.4 Å². The number of unbranched alkanes of at least 4 members (excludes halogenated alkanes) is 1. The van der Waals surface area contributed by atoms with Crippen molar-refractivity contribution in [2.24, 2.45) is 0 Å². The molecule has 146 valence electrons. The number of fused-ring (bicyclic) bond motifs is 1. The Morgan fingerprint density at radius 3 is 2.86 bits per heavy atom. The molecule has 0 saturated carbocycles. The Kier molecular flexibility index (Phi) is 6.32. The summed E-state index contributed by atoms with van der Waals surface area (Å²) in [5.41, 5.74) is 1.80. The second-order valence-corrected chi connectivity index (χ2v) is 6.36. The second-order valence-electron chi connectivity index (χ2n) is 6.36. The number of ether oxygens (including phenoxy) is 3. The highest BCUT2D eigenvalue weighted by Gasteiger charge is 2.17. The molecule has 0 unspecified atom stereocenters. The van der Waals surface area contributed by atoms with Gasteiger partial charge in [0.05, 0.1) is 19.4 Å². The first-order valence-corrected chi connectivity index (χ1v) is 9.20. The minimum atomic E-state index is -0.235. The van der Waals surface area contributed by atoms with E-state index >= 15 is 0 Å². The molecule has 0 atom stereocenters. The number of ketones is 1. The number of anilines is 1. The van der Waals surface area contributed by atoms with E-state index in [1.54, 1.807) is 31.4 Å². The van der Waals surface area contributed by atoms with E-state index in [0.29, 0.717) is 35.1 Å². The maximum Gasteiger partial charge on any atom is 0.262 e. The number of hydrogen-bond acceptors (Lipinski definition) is 5. The summed E-state index contributed by atoms with van der Waals surface area (Å²) in [5, 5.41) is 2.70. The number of hydrogen-bond donors (Lipinski definition) is 1. The lowest BCUT2D eigenvalue weighted by molar-refractivity contribution is -0.118. The first-order chi connectivity index (χ1) is 13.6. The van der Waals surface area contributed by atoms with E-state index in [1.165, 1.54) is 6.08 Å². The third-order valence-corrected chi connectivity index (χ3v) is 4.27. The number of benzene rings is 2.